The molecule has 2 aromatic carbocycles. The van der Waals surface area contributed by atoms with Crippen LogP contribution in [-0.2, 0) is 19.6 Å². The molecule has 0 unspecified atom stereocenters. The van der Waals surface area contributed by atoms with E-state index in [1.807, 2.05) is 0 Å². The molecule has 0 saturated carbocycles. The number of nitrogens with one attached hydrogen (secondary N) is 1. The molecule has 28 heavy (non-hydrogen) atoms. The van der Waals surface area contributed by atoms with E-state index in [0.29, 0.717) is 16.3 Å². The van der Waals surface area contributed by atoms with Gasteiger partial charge in [-0.15, -0.1) is 11.3 Å². The van der Waals surface area contributed by atoms with Gasteiger partial charge >= 0.3 is 5.97 Å². The van der Waals surface area contributed by atoms with Crippen molar-refractivity contribution >= 4 is 54.7 Å². The molecule has 1 heterocycles. The van der Waals surface area contributed by atoms with Crippen LogP contribution in [-0.4, -0.2) is 34.5 Å². The van der Waals surface area contributed by atoms with Crippen molar-refractivity contribution in [2.75, 3.05) is 23.8 Å². The van der Waals surface area contributed by atoms with Gasteiger partial charge in [-0.2, -0.15) is 0 Å². The summed E-state index contributed by atoms with van der Waals surface area (Å²) < 4.78 is 33.4. The standard InChI is InChI=1S/C19H18N2O5S2/c1-12(22)21(2)15-5-7-16(8-6-15)28(24,25)20-14-4-9-17-13(10-14)11-18(27-17)19(23)26-3/h4-11,20H,1-3H3. The van der Waals surface area contributed by atoms with Crippen LogP contribution in [0.4, 0.5) is 11.4 Å². The minimum Gasteiger partial charge on any atom is -0.465 e. The summed E-state index contributed by atoms with van der Waals surface area (Å²) in [5, 5.41) is 0.740. The number of sulfonamides is 1. The Bertz CT molecular complexity index is 1150. The number of esters is 1. The first-order valence-corrected chi connectivity index (χ1v) is 10.5. The zero-order valence-electron chi connectivity index (χ0n) is 15.4. The number of hydrogen-bond donors (Lipinski definition) is 1. The summed E-state index contributed by atoms with van der Waals surface area (Å²) in [4.78, 5) is 25.0. The number of carbonyl (C=O) groups excluding carboxylic acids is 2. The van der Waals surface area contributed by atoms with Crippen molar-refractivity contribution in [1.29, 1.82) is 0 Å². The molecule has 0 aliphatic carbocycles. The molecule has 1 aromatic heterocycles. The summed E-state index contributed by atoms with van der Waals surface area (Å²) in [6, 6.07) is 12.7. The number of thiophene rings is 1. The van der Waals surface area contributed by atoms with Crippen LogP contribution in [0.1, 0.15) is 16.6 Å². The SMILES string of the molecule is COC(=O)c1cc2cc(NS(=O)(=O)c3ccc(N(C)C(C)=O)cc3)ccc2s1. The Morgan fingerprint density at radius 3 is 2.36 bits per heavy atom. The molecule has 0 saturated heterocycles. The lowest BCUT2D eigenvalue weighted by Crippen LogP contribution is -2.22. The lowest BCUT2D eigenvalue weighted by Gasteiger charge is -2.15. The van der Waals surface area contributed by atoms with E-state index in [4.69, 9.17) is 4.74 Å². The van der Waals surface area contributed by atoms with Gasteiger partial charge in [0.2, 0.25) is 5.91 Å². The molecule has 7 nitrogen and oxygen atoms in total. The Morgan fingerprint density at radius 1 is 1.07 bits per heavy atom. The second-order valence-electron chi connectivity index (χ2n) is 6.03. The van der Waals surface area contributed by atoms with Gasteiger partial charge < -0.3 is 9.64 Å². The molecular formula is C19H18N2O5S2. The maximum Gasteiger partial charge on any atom is 0.348 e. The summed E-state index contributed by atoms with van der Waals surface area (Å²) in [6.07, 6.45) is 0. The van der Waals surface area contributed by atoms with E-state index in [9.17, 15) is 18.0 Å². The van der Waals surface area contributed by atoms with Gasteiger partial charge in [-0.3, -0.25) is 9.52 Å². The van der Waals surface area contributed by atoms with Crippen LogP contribution in [0.15, 0.2) is 53.4 Å². The number of fused-ring (bicyclic) bond motifs is 1. The minimum atomic E-state index is -3.80. The molecule has 0 aliphatic rings. The van der Waals surface area contributed by atoms with E-state index in [1.54, 1.807) is 43.4 Å². The average Bonchev–Trinajstić information content (AvgIpc) is 3.09. The molecule has 1 N–H and O–H groups in total. The normalized spacial score (nSPS) is 11.2. The topological polar surface area (TPSA) is 92.8 Å². The molecule has 0 aliphatic heterocycles. The Kier molecular flexibility index (Phi) is 5.39. The molecular weight excluding hydrogens is 400 g/mol. The van der Waals surface area contributed by atoms with Gasteiger partial charge in [-0.25, -0.2) is 13.2 Å². The quantitative estimate of drug-likeness (QED) is 0.641. The van der Waals surface area contributed by atoms with Crippen molar-refractivity contribution < 1.29 is 22.7 Å². The zero-order valence-corrected chi connectivity index (χ0v) is 17.1. The second kappa shape index (κ2) is 7.61. The molecule has 1 amide bonds. The van der Waals surface area contributed by atoms with Crippen molar-refractivity contribution in [2.45, 2.75) is 11.8 Å². The van der Waals surface area contributed by atoms with Crippen molar-refractivity contribution in [3.05, 3.63) is 53.4 Å². The van der Waals surface area contributed by atoms with E-state index in [-0.39, 0.29) is 10.8 Å². The first kappa shape index (κ1) is 19.8. The van der Waals surface area contributed by atoms with Crippen molar-refractivity contribution in [2.24, 2.45) is 0 Å². The molecule has 3 rings (SSSR count). The molecule has 0 atom stereocenters. The fraction of sp³-hybridized carbons (Fsp3) is 0.158. The van der Waals surface area contributed by atoms with Gasteiger partial charge in [0, 0.05) is 30.0 Å². The van der Waals surface area contributed by atoms with Crippen molar-refractivity contribution in [3.8, 4) is 0 Å². The Labute approximate surface area is 166 Å². The first-order chi connectivity index (χ1) is 13.2. The third-order valence-electron chi connectivity index (χ3n) is 4.16. The third-order valence-corrected chi connectivity index (χ3v) is 6.66. The van der Waals surface area contributed by atoms with E-state index in [1.165, 1.54) is 42.4 Å². The summed E-state index contributed by atoms with van der Waals surface area (Å²) in [5.74, 6) is -0.580. The molecule has 3 aromatic rings. The maximum absolute atomic E-state index is 12.6. The molecule has 9 heteroatoms. The van der Waals surface area contributed by atoms with Crippen molar-refractivity contribution in [3.63, 3.8) is 0 Å². The van der Waals surface area contributed by atoms with Crippen LogP contribution in [0, 0.1) is 0 Å². The van der Waals surface area contributed by atoms with E-state index in [2.05, 4.69) is 4.72 Å². The van der Waals surface area contributed by atoms with Crippen molar-refractivity contribution in [1.82, 2.24) is 0 Å². The number of carbonyl (C=O) groups is 2. The minimum absolute atomic E-state index is 0.0777. The smallest absolute Gasteiger partial charge is 0.348 e. The Morgan fingerprint density at radius 2 is 1.75 bits per heavy atom. The maximum atomic E-state index is 12.6. The predicted octanol–water partition coefficient (Wildman–Crippen LogP) is 3.47. The van der Waals surface area contributed by atoms with Crippen LogP contribution in [0.5, 0.6) is 0 Å². The fourth-order valence-corrected chi connectivity index (χ4v) is 4.56. The summed E-state index contributed by atoms with van der Waals surface area (Å²) >= 11 is 1.28. The Balaban J connectivity index is 1.85. The number of ether oxygens (including phenoxy) is 1. The highest BCUT2D eigenvalue weighted by Gasteiger charge is 2.16. The number of methoxy groups -OCH3 is 1. The predicted molar refractivity (Wildman–Crippen MR) is 109 cm³/mol. The molecule has 0 bridgehead atoms. The lowest BCUT2D eigenvalue weighted by atomic mass is 10.2. The number of anilines is 2. The van der Waals surface area contributed by atoms with Crippen LogP contribution >= 0.6 is 11.3 Å². The van der Waals surface area contributed by atoms with E-state index >= 15 is 0 Å². The summed E-state index contributed by atoms with van der Waals surface area (Å²) in [7, 11) is -0.875. The highest BCUT2D eigenvalue weighted by molar-refractivity contribution is 7.92. The molecule has 0 radical (unpaired) electrons. The summed E-state index contributed by atoms with van der Waals surface area (Å²) in [5.41, 5.74) is 0.980. The second-order valence-corrected chi connectivity index (χ2v) is 8.80. The highest BCUT2D eigenvalue weighted by atomic mass is 32.2. The van der Waals surface area contributed by atoms with Gasteiger partial charge in [0.1, 0.15) is 4.88 Å². The molecule has 0 fully saturated rings. The average molecular weight is 418 g/mol. The highest BCUT2D eigenvalue weighted by Crippen LogP contribution is 2.29. The Hall–Kier alpha value is -2.91. The van der Waals surface area contributed by atoms with Crippen LogP contribution in [0.25, 0.3) is 10.1 Å². The lowest BCUT2D eigenvalue weighted by molar-refractivity contribution is -0.116. The van der Waals surface area contributed by atoms with Crippen LogP contribution < -0.4 is 9.62 Å². The number of hydrogen-bond acceptors (Lipinski definition) is 6. The number of amides is 1. The zero-order chi connectivity index (χ0) is 20.5. The van der Waals surface area contributed by atoms with Crippen LogP contribution in [0.3, 0.4) is 0 Å². The van der Waals surface area contributed by atoms with Gasteiger partial charge in [-0.05, 0) is 53.9 Å². The van der Waals surface area contributed by atoms with Crippen LogP contribution in [0.2, 0.25) is 0 Å². The first-order valence-electron chi connectivity index (χ1n) is 8.20. The molecule has 146 valence electrons. The number of rotatable bonds is 5. The number of benzene rings is 2. The van der Waals surface area contributed by atoms with E-state index in [0.717, 1.165) is 10.1 Å². The number of nitrogens with zero attached hydrogens (tertiary/aromatic N) is 1. The van der Waals surface area contributed by atoms with Gasteiger partial charge in [0.05, 0.1) is 12.0 Å². The van der Waals surface area contributed by atoms with Gasteiger partial charge in [0.15, 0.2) is 0 Å². The van der Waals surface area contributed by atoms with Gasteiger partial charge in [-0.1, -0.05) is 0 Å². The summed E-state index contributed by atoms with van der Waals surface area (Å²) in [6.45, 7) is 1.43. The monoisotopic (exact) mass is 418 g/mol. The molecule has 0 spiro atoms. The fourth-order valence-electron chi connectivity index (χ4n) is 2.55. The van der Waals surface area contributed by atoms with Gasteiger partial charge in [0.25, 0.3) is 10.0 Å². The largest absolute Gasteiger partial charge is 0.465 e. The van der Waals surface area contributed by atoms with E-state index < -0.39 is 16.0 Å². The third kappa shape index (κ3) is 4.00.